The van der Waals surface area contributed by atoms with Gasteiger partial charge in [0.2, 0.25) is 0 Å². The molecule has 1 heterocycles. The van der Waals surface area contributed by atoms with Crippen molar-refractivity contribution in [3.05, 3.63) is 12.2 Å². The van der Waals surface area contributed by atoms with Crippen molar-refractivity contribution in [2.24, 2.45) is 13.0 Å². The Bertz CT molecular complexity index is 310. The van der Waals surface area contributed by atoms with Crippen molar-refractivity contribution in [1.29, 1.82) is 0 Å². The third-order valence-corrected chi connectivity index (χ3v) is 4.04. The van der Waals surface area contributed by atoms with E-state index in [2.05, 4.69) is 32.9 Å². The zero-order chi connectivity index (χ0) is 10.1. The maximum atomic E-state index is 4.36. The second-order valence-electron chi connectivity index (χ2n) is 4.24. The van der Waals surface area contributed by atoms with Gasteiger partial charge in [0.1, 0.15) is 12.2 Å². The van der Waals surface area contributed by atoms with Gasteiger partial charge in [0.05, 0.1) is 0 Å². The minimum atomic E-state index is 0.570. The second-order valence-corrected chi connectivity index (χ2v) is 5.53. The van der Waals surface area contributed by atoms with Gasteiger partial charge in [-0.15, -0.1) is 0 Å². The van der Waals surface area contributed by atoms with E-state index in [1.807, 2.05) is 11.7 Å². The summed E-state index contributed by atoms with van der Waals surface area (Å²) >= 11 is 3.71. The second kappa shape index (κ2) is 4.01. The lowest BCUT2D eigenvalue weighted by atomic mass is 9.80. The van der Waals surface area contributed by atoms with E-state index in [9.17, 15) is 0 Å². The molecule has 0 aromatic carbocycles. The highest BCUT2D eigenvalue weighted by atomic mass is 79.9. The van der Waals surface area contributed by atoms with Crippen molar-refractivity contribution >= 4 is 15.9 Å². The van der Waals surface area contributed by atoms with Crippen LogP contribution in [0.25, 0.3) is 0 Å². The lowest BCUT2D eigenvalue weighted by Crippen LogP contribution is -2.24. The van der Waals surface area contributed by atoms with Crippen LogP contribution in [0.2, 0.25) is 0 Å². The third-order valence-electron chi connectivity index (χ3n) is 3.21. The van der Waals surface area contributed by atoms with Gasteiger partial charge in [0, 0.05) is 17.8 Å². The highest BCUT2D eigenvalue weighted by Crippen LogP contribution is 2.38. The van der Waals surface area contributed by atoms with Crippen molar-refractivity contribution in [3.63, 3.8) is 0 Å². The Kier molecular flexibility index (Phi) is 2.91. The normalized spacial score (nSPS) is 33.2. The number of aromatic nitrogens is 3. The van der Waals surface area contributed by atoms with Gasteiger partial charge in [0.15, 0.2) is 0 Å². The van der Waals surface area contributed by atoms with Crippen molar-refractivity contribution in [1.82, 2.24) is 14.8 Å². The molecular formula is C10H16BrN3. The average Bonchev–Trinajstić information content (AvgIpc) is 2.56. The molecule has 3 nitrogen and oxygen atoms in total. The van der Waals surface area contributed by atoms with E-state index in [1.165, 1.54) is 19.3 Å². The number of hydrogen-bond acceptors (Lipinski definition) is 2. The van der Waals surface area contributed by atoms with Crippen molar-refractivity contribution in [2.75, 3.05) is 0 Å². The average molecular weight is 258 g/mol. The Morgan fingerprint density at radius 1 is 1.50 bits per heavy atom. The number of rotatable bonds is 1. The summed E-state index contributed by atoms with van der Waals surface area (Å²) in [4.78, 5) is 5.01. The zero-order valence-electron chi connectivity index (χ0n) is 8.65. The van der Waals surface area contributed by atoms with E-state index in [-0.39, 0.29) is 0 Å². The van der Waals surface area contributed by atoms with Crippen LogP contribution in [0.4, 0.5) is 0 Å². The monoisotopic (exact) mass is 257 g/mol. The van der Waals surface area contributed by atoms with Crippen LogP contribution in [-0.4, -0.2) is 19.6 Å². The molecule has 0 spiro atoms. The maximum absolute atomic E-state index is 4.36. The molecule has 3 unspecified atom stereocenters. The molecule has 0 N–H and O–H groups in total. The van der Waals surface area contributed by atoms with Gasteiger partial charge in [-0.1, -0.05) is 22.9 Å². The fraction of sp³-hybridized carbons (Fsp3) is 0.800. The molecule has 1 aromatic rings. The number of halogens is 1. The molecule has 3 atom stereocenters. The lowest BCUT2D eigenvalue weighted by Gasteiger charge is -2.30. The van der Waals surface area contributed by atoms with Crippen LogP contribution < -0.4 is 0 Å². The van der Waals surface area contributed by atoms with Gasteiger partial charge < -0.3 is 0 Å². The van der Waals surface area contributed by atoms with Crippen molar-refractivity contribution < 1.29 is 0 Å². The van der Waals surface area contributed by atoms with E-state index < -0.39 is 0 Å². The Hall–Kier alpha value is -0.380. The molecule has 1 aliphatic rings. The molecule has 0 aliphatic heterocycles. The summed E-state index contributed by atoms with van der Waals surface area (Å²) in [5.74, 6) is 2.44. The molecule has 14 heavy (non-hydrogen) atoms. The summed E-state index contributed by atoms with van der Waals surface area (Å²) in [6.45, 7) is 2.32. The first-order valence-corrected chi connectivity index (χ1v) is 6.08. The van der Waals surface area contributed by atoms with Crippen molar-refractivity contribution in [3.8, 4) is 0 Å². The fourth-order valence-electron chi connectivity index (χ4n) is 2.27. The first-order valence-electron chi connectivity index (χ1n) is 5.16. The number of alkyl halides is 1. The van der Waals surface area contributed by atoms with Crippen LogP contribution in [-0.2, 0) is 7.05 Å². The largest absolute Gasteiger partial charge is 0.253 e. The molecule has 1 aliphatic carbocycles. The minimum Gasteiger partial charge on any atom is -0.253 e. The summed E-state index contributed by atoms with van der Waals surface area (Å²) in [5.41, 5.74) is 0. The smallest absolute Gasteiger partial charge is 0.138 e. The maximum Gasteiger partial charge on any atom is 0.138 e. The number of aryl methyl sites for hydroxylation is 1. The lowest BCUT2D eigenvalue weighted by molar-refractivity contribution is 0.322. The molecule has 78 valence electrons. The number of hydrogen-bond donors (Lipinski definition) is 0. The highest BCUT2D eigenvalue weighted by molar-refractivity contribution is 9.09. The standard InChI is InChI=1S/C10H16BrN3/c1-7-3-4-8(11)5-9(7)10-12-6-13-14(10)2/h6-9H,3-5H2,1-2H3. The molecule has 0 amide bonds. The van der Waals surface area contributed by atoms with Crippen LogP contribution in [0.1, 0.15) is 37.9 Å². The third kappa shape index (κ3) is 1.85. The summed E-state index contributed by atoms with van der Waals surface area (Å²) in [7, 11) is 1.98. The summed E-state index contributed by atoms with van der Waals surface area (Å²) in [6.07, 6.45) is 5.41. The minimum absolute atomic E-state index is 0.570. The zero-order valence-corrected chi connectivity index (χ0v) is 10.2. The topological polar surface area (TPSA) is 30.7 Å². The Morgan fingerprint density at radius 2 is 2.29 bits per heavy atom. The predicted octanol–water partition coefficient (Wildman–Crippen LogP) is 2.48. The van der Waals surface area contributed by atoms with E-state index in [1.54, 1.807) is 6.33 Å². The van der Waals surface area contributed by atoms with Gasteiger partial charge in [0.25, 0.3) is 0 Å². The SMILES string of the molecule is CC1CCC(Br)CC1c1ncnn1C. The molecule has 1 aromatic heterocycles. The van der Waals surface area contributed by atoms with Crippen LogP contribution in [0.15, 0.2) is 6.33 Å². The fourth-order valence-corrected chi connectivity index (χ4v) is 2.94. The van der Waals surface area contributed by atoms with E-state index in [0.29, 0.717) is 10.7 Å². The Labute approximate surface area is 93.0 Å². The van der Waals surface area contributed by atoms with Crippen LogP contribution >= 0.6 is 15.9 Å². The molecule has 4 heteroatoms. The number of nitrogens with zero attached hydrogens (tertiary/aromatic N) is 3. The first-order chi connectivity index (χ1) is 6.68. The molecular weight excluding hydrogens is 242 g/mol. The predicted molar refractivity (Wildman–Crippen MR) is 59.5 cm³/mol. The van der Waals surface area contributed by atoms with E-state index in [0.717, 1.165) is 11.7 Å². The van der Waals surface area contributed by atoms with Crippen LogP contribution in [0.5, 0.6) is 0 Å². The molecule has 1 saturated carbocycles. The molecule has 0 saturated heterocycles. The van der Waals surface area contributed by atoms with Crippen LogP contribution in [0.3, 0.4) is 0 Å². The van der Waals surface area contributed by atoms with Crippen LogP contribution in [0, 0.1) is 5.92 Å². The molecule has 2 rings (SSSR count). The van der Waals surface area contributed by atoms with Gasteiger partial charge in [-0.05, 0) is 25.2 Å². The summed E-state index contributed by atoms with van der Waals surface area (Å²) in [5, 5.41) is 4.14. The highest BCUT2D eigenvalue weighted by Gasteiger charge is 2.30. The van der Waals surface area contributed by atoms with Gasteiger partial charge in [-0.25, -0.2) is 4.98 Å². The quantitative estimate of drug-likeness (QED) is 0.724. The molecule has 0 bridgehead atoms. The summed E-state index contributed by atoms with van der Waals surface area (Å²) < 4.78 is 1.91. The molecule has 0 radical (unpaired) electrons. The van der Waals surface area contributed by atoms with Gasteiger partial charge >= 0.3 is 0 Å². The first kappa shape index (κ1) is 10.1. The molecule has 1 fully saturated rings. The Balaban J connectivity index is 2.20. The van der Waals surface area contributed by atoms with E-state index in [4.69, 9.17) is 0 Å². The van der Waals surface area contributed by atoms with Gasteiger partial charge in [-0.3, -0.25) is 4.68 Å². The van der Waals surface area contributed by atoms with Crippen molar-refractivity contribution in [2.45, 2.75) is 36.9 Å². The summed E-state index contributed by atoms with van der Waals surface area (Å²) in [6, 6.07) is 0. The van der Waals surface area contributed by atoms with E-state index >= 15 is 0 Å². The van der Waals surface area contributed by atoms with Gasteiger partial charge in [-0.2, -0.15) is 5.10 Å². The Morgan fingerprint density at radius 3 is 2.93 bits per heavy atom.